The summed E-state index contributed by atoms with van der Waals surface area (Å²) in [4.78, 5) is 57.4. The number of likely N-dealkylation sites (tertiary alicyclic amines) is 1. The molecule has 0 aliphatic carbocycles. The molecule has 8 nitrogen and oxygen atoms in total. The first-order valence-corrected chi connectivity index (χ1v) is 12.3. The maximum Gasteiger partial charge on any atom is 0.242 e. The smallest absolute Gasteiger partial charge is 0.242 e. The summed E-state index contributed by atoms with van der Waals surface area (Å²) in [5, 5.41) is 0. The van der Waals surface area contributed by atoms with Gasteiger partial charge in [-0.2, -0.15) is 0 Å². The van der Waals surface area contributed by atoms with Gasteiger partial charge in [0.05, 0.1) is 12.0 Å². The topological polar surface area (TPSA) is 87.2 Å². The Labute approximate surface area is 211 Å². The zero-order chi connectivity index (χ0) is 25.7. The van der Waals surface area contributed by atoms with Crippen LogP contribution in [0.15, 0.2) is 54.6 Å². The highest BCUT2D eigenvalue weighted by molar-refractivity contribution is 6.10. The molecule has 2 aromatic rings. The van der Waals surface area contributed by atoms with Crippen molar-refractivity contribution >= 4 is 23.6 Å². The molecule has 0 radical (unpaired) electrons. The lowest BCUT2D eigenvalue weighted by atomic mass is 9.75. The molecule has 8 heteroatoms. The van der Waals surface area contributed by atoms with Gasteiger partial charge in [-0.1, -0.05) is 60.2 Å². The van der Waals surface area contributed by atoms with E-state index in [1.165, 1.54) is 9.80 Å². The molecule has 36 heavy (non-hydrogen) atoms. The molecule has 0 saturated carbocycles. The van der Waals surface area contributed by atoms with E-state index in [0.29, 0.717) is 38.2 Å². The second-order valence-corrected chi connectivity index (χ2v) is 9.62. The SMILES string of the molecule is COCCCN1C(=O)C[C@@](CC(=O)N2CCN(Cc3cccc(C)c3)C(=O)C2)(c2ccccc2)C1=O. The summed E-state index contributed by atoms with van der Waals surface area (Å²) >= 11 is 0. The van der Waals surface area contributed by atoms with Crippen LogP contribution in [-0.4, -0.2) is 78.2 Å². The van der Waals surface area contributed by atoms with E-state index in [2.05, 4.69) is 6.07 Å². The van der Waals surface area contributed by atoms with E-state index < -0.39 is 5.41 Å². The normalized spacial score (nSPS) is 20.4. The average molecular weight is 492 g/mol. The molecule has 2 heterocycles. The number of methoxy groups -OCH3 is 1. The van der Waals surface area contributed by atoms with Gasteiger partial charge in [0.1, 0.15) is 0 Å². The second-order valence-electron chi connectivity index (χ2n) is 9.62. The third-order valence-corrected chi connectivity index (χ3v) is 7.05. The Morgan fingerprint density at radius 2 is 1.78 bits per heavy atom. The number of nitrogens with zero attached hydrogens (tertiary/aromatic N) is 3. The van der Waals surface area contributed by atoms with E-state index in [4.69, 9.17) is 4.74 Å². The van der Waals surface area contributed by atoms with Gasteiger partial charge in [0.15, 0.2) is 0 Å². The zero-order valence-corrected chi connectivity index (χ0v) is 20.9. The van der Waals surface area contributed by atoms with Crippen LogP contribution in [0.25, 0.3) is 0 Å². The van der Waals surface area contributed by atoms with Crippen LogP contribution in [0.1, 0.15) is 36.0 Å². The summed E-state index contributed by atoms with van der Waals surface area (Å²) < 4.78 is 5.07. The summed E-state index contributed by atoms with van der Waals surface area (Å²) in [6, 6.07) is 17.1. The summed E-state index contributed by atoms with van der Waals surface area (Å²) in [6.45, 7) is 3.98. The third-order valence-electron chi connectivity index (χ3n) is 7.05. The van der Waals surface area contributed by atoms with Crippen LogP contribution in [0.5, 0.6) is 0 Å². The number of hydrogen-bond acceptors (Lipinski definition) is 5. The predicted octanol–water partition coefficient (Wildman–Crippen LogP) is 2.29. The van der Waals surface area contributed by atoms with Gasteiger partial charge in [-0.25, -0.2) is 0 Å². The number of amides is 4. The van der Waals surface area contributed by atoms with Crippen molar-refractivity contribution in [3.8, 4) is 0 Å². The summed E-state index contributed by atoms with van der Waals surface area (Å²) in [6.07, 6.45) is 0.327. The molecule has 0 aromatic heterocycles. The number of benzene rings is 2. The van der Waals surface area contributed by atoms with Crippen molar-refractivity contribution in [2.45, 2.75) is 38.1 Å². The number of carbonyl (C=O) groups excluding carboxylic acids is 4. The number of piperazine rings is 1. The lowest BCUT2D eigenvalue weighted by Crippen LogP contribution is -2.53. The molecule has 0 unspecified atom stereocenters. The Kier molecular flexibility index (Phi) is 7.84. The second kappa shape index (κ2) is 11.0. The molecule has 2 aliphatic rings. The zero-order valence-electron chi connectivity index (χ0n) is 20.9. The van der Waals surface area contributed by atoms with Crippen LogP contribution in [-0.2, 0) is 35.9 Å². The molecule has 2 saturated heterocycles. The fourth-order valence-electron chi connectivity index (χ4n) is 5.11. The summed E-state index contributed by atoms with van der Waals surface area (Å²) in [5.74, 6) is -1.05. The molecule has 2 fully saturated rings. The number of carbonyl (C=O) groups is 4. The minimum atomic E-state index is -1.26. The Bertz CT molecular complexity index is 1140. The highest BCUT2D eigenvalue weighted by Gasteiger charge is 2.54. The van der Waals surface area contributed by atoms with Crippen LogP contribution >= 0.6 is 0 Å². The minimum absolute atomic E-state index is 0.0325. The number of rotatable bonds is 9. The van der Waals surface area contributed by atoms with E-state index >= 15 is 0 Å². The first-order chi connectivity index (χ1) is 17.3. The molecule has 1 atom stereocenters. The van der Waals surface area contributed by atoms with Gasteiger partial charge in [0.25, 0.3) is 0 Å². The first-order valence-electron chi connectivity index (χ1n) is 12.3. The van der Waals surface area contributed by atoms with E-state index in [-0.39, 0.29) is 49.6 Å². The third kappa shape index (κ3) is 5.33. The van der Waals surface area contributed by atoms with Crippen molar-refractivity contribution in [2.24, 2.45) is 0 Å². The molecule has 4 amide bonds. The van der Waals surface area contributed by atoms with Crippen LogP contribution in [0, 0.1) is 6.92 Å². The lowest BCUT2D eigenvalue weighted by molar-refractivity contribution is -0.147. The molecule has 0 bridgehead atoms. The van der Waals surface area contributed by atoms with E-state index in [1.54, 1.807) is 36.3 Å². The maximum atomic E-state index is 13.6. The fourth-order valence-corrected chi connectivity index (χ4v) is 5.11. The van der Waals surface area contributed by atoms with Crippen LogP contribution in [0.4, 0.5) is 0 Å². The minimum Gasteiger partial charge on any atom is -0.385 e. The standard InChI is InChI=1S/C28H33N3O5/c1-21-8-6-9-22(16-21)19-29-13-14-30(20-26(29)34)24(32)17-28(23-10-4-3-5-11-23)18-25(33)31(27(28)35)12-7-15-36-2/h3-6,8-11,16H,7,12-15,17-20H2,1-2H3/t28-/m0/s1. The van der Waals surface area contributed by atoms with Gasteiger partial charge in [-0.05, 0) is 24.5 Å². The number of ether oxygens (including phenoxy) is 1. The Morgan fingerprint density at radius 1 is 1.00 bits per heavy atom. The van der Waals surface area contributed by atoms with Gasteiger partial charge < -0.3 is 14.5 Å². The molecule has 2 aromatic carbocycles. The van der Waals surface area contributed by atoms with Gasteiger partial charge in [0, 0.05) is 52.7 Å². The molecule has 4 rings (SSSR count). The maximum absolute atomic E-state index is 13.6. The van der Waals surface area contributed by atoms with E-state index in [0.717, 1.165) is 11.1 Å². The number of imide groups is 1. The number of aryl methyl sites for hydroxylation is 1. The van der Waals surface area contributed by atoms with Crippen LogP contribution in [0.3, 0.4) is 0 Å². The highest BCUT2D eigenvalue weighted by atomic mass is 16.5. The Hall–Kier alpha value is -3.52. The van der Waals surface area contributed by atoms with Crippen LogP contribution < -0.4 is 0 Å². The fraction of sp³-hybridized carbons (Fsp3) is 0.429. The summed E-state index contributed by atoms with van der Waals surface area (Å²) in [7, 11) is 1.57. The van der Waals surface area contributed by atoms with E-state index in [9.17, 15) is 19.2 Å². The van der Waals surface area contributed by atoms with Gasteiger partial charge in [-0.3, -0.25) is 24.1 Å². The Morgan fingerprint density at radius 3 is 2.47 bits per heavy atom. The quantitative estimate of drug-likeness (QED) is 0.397. The van der Waals surface area contributed by atoms with E-state index in [1.807, 2.05) is 31.2 Å². The molecule has 0 N–H and O–H groups in total. The molecule has 190 valence electrons. The molecular formula is C28H33N3O5. The van der Waals surface area contributed by atoms with Gasteiger partial charge >= 0.3 is 0 Å². The van der Waals surface area contributed by atoms with Crippen molar-refractivity contribution in [3.05, 3.63) is 71.3 Å². The van der Waals surface area contributed by atoms with Crippen LogP contribution in [0.2, 0.25) is 0 Å². The van der Waals surface area contributed by atoms with Gasteiger partial charge in [-0.15, -0.1) is 0 Å². The lowest BCUT2D eigenvalue weighted by Gasteiger charge is -2.36. The average Bonchev–Trinajstić information content (AvgIpc) is 3.11. The largest absolute Gasteiger partial charge is 0.385 e. The van der Waals surface area contributed by atoms with Gasteiger partial charge in [0.2, 0.25) is 23.6 Å². The summed E-state index contributed by atoms with van der Waals surface area (Å²) in [5.41, 5.74) is 1.57. The van der Waals surface area contributed by atoms with Crippen molar-refractivity contribution in [1.82, 2.24) is 14.7 Å². The first kappa shape index (κ1) is 25.6. The highest BCUT2D eigenvalue weighted by Crippen LogP contribution is 2.40. The van der Waals surface area contributed by atoms with Crippen molar-refractivity contribution in [1.29, 1.82) is 0 Å². The number of hydrogen-bond donors (Lipinski definition) is 0. The monoisotopic (exact) mass is 491 g/mol. The molecule has 0 spiro atoms. The van der Waals surface area contributed by atoms with Crippen molar-refractivity contribution < 1.29 is 23.9 Å². The molecule has 2 aliphatic heterocycles. The predicted molar refractivity (Wildman–Crippen MR) is 134 cm³/mol. The molecular weight excluding hydrogens is 458 g/mol. The van der Waals surface area contributed by atoms with Crippen molar-refractivity contribution in [3.63, 3.8) is 0 Å². The van der Waals surface area contributed by atoms with Crippen molar-refractivity contribution in [2.75, 3.05) is 39.9 Å². The Balaban J connectivity index is 1.48.